The van der Waals surface area contributed by atoms with Crippen molar-refractivity contribution >= 4 is 38.1 Å². The molecule has 0 aliphatic carbocycles. The van der Waals surface area contributed by atoms with Crippen LogP contribution in [0.1, 0.15) is 29.8 Å². The molecule has 0 saturated carbocycles. The van der Waals surface area contributed by atoms with Crippen LogP contribution >= 0.6 is 0 Å². The number of hydrogen-bond acceptors (Lipinski definition) is 3. The highest BCUT2D eigenvalue weighted by molar-refractivity contribution is 7.92. The van der Waals surface area contributed by atoms with Crippen molar-refractivity contribution in [2.75, 3.05) is 15.4 Å². The van der Waals surface area contributed by atoms with Crippen molar-refractivity contribution in [1.82, 2.24) is 0 Å². The fourth-order valence-electron chi connectivity index (χ4n) is 3.84. The Morgan fingerprint density at radius 1 is 1.11 bits per heavy atom. The molecule has 6 heteroatoms. The van der Waals surface area contributed by atoms with E-state index in [4.69, 9.17) is 0 Å². The Labute approximate surface area is 165 Å². The third-order valence-electron chi connectivity index (χ3n) is 5.20. The van der Waals surface area contributed by atoms with Gasteiger partial charge in [0.25, 0.3) is 5.91 Å². The SMILES string of the molecule is CCS(=O)(=O)N1c2ccc(C(=O)Nc3cccc4ccccc34)cc2C[C@H]1C. The molecular formula is C22H22N2O3S. The number of anilines is 2. The Hall–Kier alpha value is -2.86. The minimum absolute atomic E-state index is 0.0557. The summed E-state index contributed by atoms with van der Waals surface area (Å²) in [5.74, 6) is -0.149. The molecule has 1 heterocycles. The zero-order valence-corrected chi connectivity index (χ0v) is 16.7. The van der Waals surface area contributed by atoms with Crippen LogP contribution in [-0.4, -0.2) is 26.1 Å². The van der Waals surface area contributed by atoms with Crippen LogP contribution in [0.4, 0.5) is 11.4 Å². The number of carbonyl (C=O) groups is 1. The average molecular weight is 394 g/mol. The summed E-state index contributed by atoms with van der Waals surface area (Å²) in [6, 6.07) is 18.8. The number of hydrogen-bond donors (Lipinski definition) is 1. The van der Waals surface area contributed by atoms with E-state index in [0.717, 1.165) is 22.0 Å². The van der Waals surface area contributed by atoms with Crippen LogP contribution in [0, 0.1) is 0 Å². The van der Waals surface area contributed by atoms with Crippen molar-refractivity contribution < 1.29 is 13.2 Å². The van der Waals surface area contributed by atoms with Crippen LogP contribution in [0.5, 0.6) is 0 Å². The first kappa shape index (κ1) is 18.5. The molecule has 0 aromatic heterocycles. The molecule has 4 rings (SSSR count). The van der Waals surface area contributed by atoms with Gasteiger partial charge in [0, 0.05) is 22.7 Å². The molecule has 28 heavy (non-hydrogen) atoms. The minimum Gasteiger partial charge on any atom is -0.321 e. The topological polar surface area (TPSA) is 66.5 Å². The lowest BCUT2D eigenvalue weighted by molar-refractivity contribution is 0.102. The van der Waals surface area contributed by atoms with Gasteiger partial charge in [-0.1, -0.05) is 36.4 Å². The monoisotopic (exact) mass is 394 g/mol. The standard InChI is InChI=1S/C22H22N2O3S/c1-3-28(26,27)24-15(2)13-18-14-17(11-12-21(18)24)22(25)23-20-10-6-8-16-7-4-5-9-19(16)20/h4-12,14-15H,3,13H2,1-2H3,(H,23,25)/t15-/m1/s1. The van der Waals surface area contributed by atoms with Crippen LogP contribution in [-0.2, 0) is 16.4 Å². The predicted molar refractivity (Wildman–Crippen MR) is 113 cm³/mol. The minimum atomic E-state index is -3.33. The Morgan fingerprint density at radius 3 is 2.64 bits per heavy atom. The molecule has 0 unspecified atom stereocenters. The number of sulfonamides is 1. The van der Waals surface area contributed by atoms with Gasteiger partial charge in [-0.2, -0.15) is 0 Å². The Bertz CT molecular complexity index is 1170. The number of benzene rings is 3. The van der Waals surface area contributed by atoms with Gasteiger partial charge in [-0.05, 0) is 55.5 Å². The molecule has 144 valence electrons. The molecule has 5 nitrogen and oxygen atoms in total. The normalized spacial score (nSPS) is 16.2. The summed E-state index contributed by atoms with van der Waals surface area (Å²) in [6.45, 7) is 3.54. The molecule has 3 aromatic rings. The summed E-state index contributed by atoms with van der Waals surface area (Å²) in [5.41, 5.74) is 2.84. The van der Waals surface area contributed by atoms with Gasteiger partial charge in [0.15, 0.2) is 0 Å². The maximum atomic E-state index is 12.8. The molecule has 3 aromatic carbocycles. The fourth-order valence-corrected chi connectivity index (χ4v) is 5.21. The maximum absolute atomic E-state index is 12.8. The second-order valence-electron chi connectivity index (χ2n) is 7.07. The number of amides is 1. The van der Waals surface area contributed by atoms with E-state index in [1.165, 1.54) is 4.31 Å². The molecule has 0 spiro atoms. The van der Waals surface area contributed by atoms with Crippen LogP contribution < -0.4 is 9.62 Å². The van der Waals surface area contributed by atoms with Crippen LogP contribution in [0.2, 0.25) is 0 Å². The van der Waals surface area contributed by atoms with E-state index < -0.39 is 10.0 Å². The number of carbonyl (C=O) groups excluding carboxylic acids is 1. The van der Waals surface area contributed by atoms with E-state index in [2.05, 4.69) is 5.32 Å². The van der Waals surface area contributed by atoms with Gasteiger partial charge in [0.1, 0.15) is 0 Å². The third-order valence-corrected chi connectivity index (χ3v) is 7.08. The summed E-state index contributed by atoms with van der Waals surface area (Å²) >= 11 is 0. The van der Waals surface area contributed by atoms with Gasteiger partial charge in [-0.3, -0.25) is 9.10 Å². The summed E-state index contributed by atoms with van der Waals surface area (Å²) in [7, 11) is -3.33. The van der Waals surface area contributed by atoms with E-state index in [1.54, 1.807) is 25.1 Å². The highest BCUT2D eigenvalue weighted by atomic mass is 32.2. The zero-order chi connectivity index (χ0) is 19.9. The number of nitrogens with one attached hydrogen (secondary N) is 1. The van der Waals surface area contributed by atoms with E-state index in [0.29, 0.717) is 17.7 Å². The molecule has 0 bridgehead atoms. The van der Waals surface area contributed by atoms with E-state index in [-0.39, 0.29) is 17.7 Å². The molecule has 1 aliphatic heterocycles. The van der Waals surface area contributed by atoms with Crippen molar-refractivity contribution in [2.45, 2.75) is 26.3 Å². The van der Waals surface area contributed by atoms with Gasteiger partial charge in [-0.15, -0.1) is 0 Å². The largest absolute Gasteiger partial charge is 0.321 e. The van der Waals surface area contributed by atoms with Crippen molar-refractivity contribution in [3.63, 3.8) is 0 Å². The van der Waals surface area contributed by atoms with Crippen LogP contribution in [0.15, 0.2) is 60.7 Å². The summed E-state index contributed by atoms with van der Waals surface area (Å²) in [5, 5.41) is 5.02. The van der Waals surface area contributed by atoms with Crippen molar-refractivity contribution in [1.29, 1.82) is 0 Å². The number of fused-ring (bicyclic) bond motifs is 2. The lowest BCUT2D eigenvalue weighted by atomic mass is 10.1. The third kappa shape index (κ3) is 3.14. The lowest BCUT2D eigenvalue weighted by Gasteiger charge is -2.23. The number of rotatable bonds is 4. The van der Waals surface area contributed by atoms with Gasteiger partial charge in [0.05, 0.1) is 11.4 Å². The molecule has 0 saturated heterocycles. The highest BCUT2D eigenvalue weighted by Gasteiger charge is 2.34. The summed E-state index contributed by atoms with van der Waals surface area (Å²) in [4.78, 5) is 12.8. The van der Waals surface area contributed by atoms with E-state index >= 15 is 0 Å². The van der Waals surface area contributed by atoms with Gasteiger partial charge in [0.2, 0.25) is 10.0 Å². The highest BCUT2D eigenvalue weighted by Crippen LogP contribution is 2.35. The van der Waals surface area contributed by atoms with Crippen molar-refractivity contribution in [3.8, 4) is 0 Å². The molecule has 1 atom stereocenters. The molecule has 0 fully saturated rings. The second kappa shape index (κ2) is 6.95. The molecule has 1 aliphatic rings. The quantitative estimate of drug-likeness (QED) is 0.721. The van der Waals surface area contributed by atoms with E-state index in [9.17, 15) is 13.2 Å². The fraction of sp³-hybridized carbons (Fsp3) is 0.227. The first-order valence-electron chi connectivity index (χ1n) is 9.35. The number of nitrogens with zero attached hydrogens (tertiary/aromatic N) is 1. The Balaban J connectivity index is 1.65. The predicted octanol–water partition coefficient (Wildman–Crippen LogP) is 4.19. The van der Waals surface area contributed by atoms with Crippen LogP contribution in [0.25, 0.3) is 10.8 Å². The average Bonchev–Trinajstić information content (AvgIpc) is 3.03. The Kier molecular flexibility index (Phi) is 4.59. The maximum Gasteiger partial charge on any atom is 0.255 e. The molecule has 0 radical (unpaired) electrons. The Morgan fingerprint density at radius 2 is 1.86 bits per heavy atom. The molecule has 1 N–H and O–H groups in total. The van der Waals surface area contributed by atoms with Gasteiger partial charge in [-0.25, -0.2) is 8.42 Å². The summed E-state index contributed by atoms with van der Waals surface area (Å²) < 4.78 is 26.3. The van der Waals surface area contributed by atoms with Gasteiger partial charge >= 0.3 is 0 Å². The van der Waals surface area contributed by atoms with Crippen molar-refractivity contribution in [3.05, 3.63) is 71.8 Å². The lowest BCUT2D eigenvalue weighted by Crippen LogP contribution is -2.36. The zero-order valence-electron chi connectivity index (χ0n) is 15.8. The molecule has 1 amide bonds. The second-order valence-corrected chi connectivity index (χ2v) is 9.21. The van der Waals surface area contributed by atoms with E-state index in [1.807, 2.05) is 49.4 Å². The summed E-state index contributed by atoms with van der Waals surface area (Å²) in [6.07, 6.45) is 0.601. The smallest absolute Gasteiger partial charge is 0.255 e. The first-order valence-corrected chi connectivity index (χ1v) is 11.0. The van der Waals surface area contributed by atoms with Crippen molar-refractivity contribution in [2.24, 2.45) is 0 Å². The van der Waals surface area contributed by atoms with Gasteiger partial charge < -0.3 is 5.32 Å². The van der Waals surface area contributed by atoms with Crippen LogP contribution in [0.3, 0.4) is 0 Å². The first-order chi connectivity index (χ1) is 13.4. The molecular weight excluding hydrogens is 372 g/mol.